The Morgan fingerprint density at radius 1 is 1.22 bits per heavy atom. The molecule has 0 unspecified atom stereocenters. The third-order valence-corrected chi connectivity index (χ3v) is 4.98. The number of rotatable bonds is 6. The smallest absolute Gasteiger partial charge is 0.306 e. The highest BCUT2D eigenvalue weighted by molar-refractivity contribution is 5.82. The predicted octanol–water partition coefficient (Wildman–Crippen LogP) is 2.69. The second-order valence-electron chi connectivity index (χ2n) is 6.57. The molecule has 2 N–H and O–H groups in total. The number of amides is 1. The molecule has 0 aliphatic heterocycles. The van der Waals surface area contributed by atoms with Crippen LogP contribution in [-0.4, -0.2) is 23.6 Å². The molecule has 124 valence electrons. The summed E-state index contributed by atoms with van der Waals surface area (Å²) in [5.74, 6) is -0.491. The fraction of sp³-hybridized carbons (Fsp3) is 0.556. The van der Waals surface area contributed by atoms with E-state index in [1.165, 1.54) is 0 Å². The van der Waals surface area contributed by atoms with Crippen molar-refractivity contribution in [3.8, 4) is 5.75 Å². The molecule has 1 aromatic rings. The van der Waals surface area contributed by atoms with Crippen molar-refractivity contribution in [3.63, 3.8) is 0 Å². The van der Waals surface area contributed by atoms with Gasteiger partial charge in [-0.25, -0.2) is 0 Å². The van der Waals surface area contributed by atoms with Gasteiger partial charge in [0.05, 0.1) is 18.1 Å². The first-order valence-electron chi connectivity index (χ1n) is 8.32. The average molecular weight is 317 g/mol. The zero-order chi connectivity index (χ0) is 16.4. The second-order valence-corrected chi connectivity index (χ2v) is 6.57. The number of hydrogen-bond donors (Lipinski definition) is 2. The Balaban J connectivity index is 1.63. The molecule has 5 nitrogen and oxygen atoms in total. The van der Waals surface area contributed by atoms with Gasteiger partial charge in [-0.2, -0.15) is 0 Å². The van der Waals surface area contributed by atoms with E-state index in [0.717, 1.165) is 24.2 Å². The lowest BCUT2D eigenvalue weighted by atomic mass is 10.0. The van der Waals surface area contributed by atoms with Gasteiger partial charge in [-0.3, -0.25) is 9.59 Å². The fourth-order valence-electron chi connectivity index (χ4n) is 3.43. The number of ether oxygens (including phenoxy) is 1. The van der Waals surface area contributed by atoms with Gasteiger partial charge in [-0.15, -0.1) is 0 Å². The quantitative estimate of drug-likeness (QED) is 0.846. The molecule has 0 bridgehead atoms. The third-order valence-electron chi connectivity index (χ3n) is 4.98. The van der Waals surface area contributed by atoms with Crippen molar-refractivity contribution in [2.24, 2.45) is 11.8 Å². The van der Waals surface area contributed by atoms with E-state index < -0.39 is 5.97 Å². The molecule has 23 heavy (non-hydrogen) atoms. The molecule has 0 spiro atoms. The normalized spacial score (nSPS) is 24.9. The molecular weight excluding hydrogens is 294 g/mol. The van der Waals surface area contributed by atoms with Gasteiger partial charge in [0.2, 0.25) is 5.91 Å². The van der Waals surface area contributed by atoms with E-state index in [0.29, 0.717) is 25.9 Å². The molecule has 0 aromatic heterocycles. The van der Waals surface area contributed by atoms with Crippen LogP contribution in [0.5, 0.6) is 5.75 Å². The summed E-state index contributed by atoms with van der Waals surface area (Å²) in [4.78, 5) is 23.5. The number of carbonyl (C=O) groups is 2. The second kappa shape index (κ2) is 6.22. The Labute approximate surface area is 136 Å². The van der Waals surface area contributed by atoms with Crippen molar-refractivity contribution in [2.45, 2.75) is 44.6 Å². The zero-order valence-corrected chi connectivity index (χ0v) is 13.4. The summed E-state index contributed by atoms with van der Waals surface area (Å²) in [6.07, 6.45) is 3.59. The maximum absolute atomic E-state index is 12.5. The van der Waals surface area contributed by atoms with Crippen molar-refractivity contribution in [2.75, 3.05) is 6.61 Å². The van der Waals surface area contributed by atoms with Gasteiger partial charge in [0, 0.05) is 5.92 Å². The summed E-state index contributed by atoms with van der Waals surface area (Å²) in [7, 11) is 0. The Kier molecular flexibility index (Phi) is 4.28. The average Bonchev–Trinajstić information content (AvgIpc) is 3.13. The summed E-state index contributed by atoms with van der Waals surface area (Å²) in [6, 6.07) is 7.88. The van der Waals surface area contributed by atoms with Crippen LogP contribution in [0.15, 0.2) is 24.3 Å². The van der Waals surface area contributed by atoms with Gasteiger partial charge in [0.15, 0.2) is 0 Å². The van der Waals surface area contributed by atoms with Gasteiger partial charge in [0.25, 0.3) is 0 Å². The number of carboxylic acids is 1. The first kappa shape index (κ1) is 15.8. The minimum absolute atomic E-state index is 0.000125. The summed E-state index contributed by atoms with van der Waals surface area (Å²) < 4.78 is 5.45. The van der Waals surface area contributed by atoms with Crippen molar-refractivity contribution >= 4 is 11.9 Å². The van der Waals surface area contributed by atoms with Crippen molar-refractivity contribution < 1.29 is 19.4 Å². The molecule has 2 saturated carbocycles. The number of benzene rings is 1. The van der Waals surface area contributed by atoms with E-state index >= 15 is 0 Å². The summed E-state index contributed by atoms with van der Waals surface area (Å²) in [6.45, 7) is 2.58. The van der Waals surface area contributed by atoms with Crippen LogP contribution in [-0.2, 0) is 15.1 Å². The van der Waals surface area contributed by atoms with E-state index in [1.54, 1.807) is 0 Å². The zero-order valence-electron chi connectivity index (χ0n) is 13.4. The Morgan fingerprint density at radius 2 is 1.87 bits per heavy atom. The van der Waals surface area contributed by atoms with Gasteiger partial charge in [0.1, 0.15) is 5.75 Å². The molecule has 0 radical (unpaired) electrons. The largest absolute Gasteiger partial charge is 0.494 e. The molecule has 1 amide bonds. The maximum atomic E-state index is 12.5. The summed E-state index contributed by atoms with van der Waals surface area (Å²) >= 11 is 0. The molecule has 0 heterocycles. The summed E-state index contributed by atoms with van der Waals surface area (Å²) in [5.41, 5.74) is 0.838. The van der Waals surface area contributed by atoms with Crippen LogP contribution in [0.4, 0.5) is 0 Å². The number of carboxylic acid groups (broad SMARTS) is 1. The molecule has 2 fully saturated rings. The lowest BCUT2D eigenvalue weighted by Crippen LogP contribution is -2.38. The van der Waals surface area contributed by atoms with Crippen molar-refractivity contribution in [1.82, 2.24) is 5.32 Å². The van der Waals surface area contributed by atoms with E-state index in [2.05, 4.69) is 5.32 Å². The van der Waals surface area contributed by atoms with Crippen LogP contribution in [0, 0.1) is 11.8 Å². The Bertz CT molecular complexity index is 592. The van der Waals surface area contributed by atoms with E-state index in [4.69, 9.17) is 9.84 Å². The van der Waals surface area contributed by atoms with Crippen LogP contribution in [0.3, 0.4) is 0 Å². The SMILES string of the molecule is CCOc1ccc(C2(NC(=O)[C@@H]3CC[C@H](C(=O)O)C3)CC2)cc1. The van der Waals surface area contributed by atoms with Crippen molar-refractivity contribution in [1.29, 1.82) is 0 Å². The standard InChI is InChI=1S/C18H23NO4/c1-2-23-15-7-5-14(6-8-15)18(9-10-18)19-16(20)12-3-4-13(11-12)17(21)22/h5-8,12-13H,2-4,9-11H2,1H3,(H,19,20)(H,21,22)/t12-,13+/m1/s1. The van der Waals surface area contributed by atoms with E-state index in [9.17, 15) is 9.59 Å². The van der Waals surface area contributed by atoms with Crippen LogP contribution < -0.4 is 10.1 Å². The van der Waals surface area contributed by atoms with Crippen molar-refractivity contribution in [3.05, 3.63) is 29.8 Å². The topological polar surface area (TPSA) is 75.6 Å². The summed E-state index contributed by atoms with van der Waals surface area (Å²) in [5, 5.41) is 12.2. The number of nitrogens with one attached hydrogen (secondary N) is 1. The first-order chi connectivity index (χ1) is 11.0. The van der Waals surface area contributed by atoms with Crippen LogP contribution in [0.2, 0.25) is 0 Å². The minimum atomic E-state index is -0.784. The van der Waals surface area contributed by atoms with E-state index in [1.807, 2.05) is 31.2 Å². The monoisotopic (exact) mass is 317 g/mol. The van der Waals surface area contributed by atoms with Crippen LogP contribution >= 0.6 is 0 Å². The Hall–Kier alpha value is -2.04. The lowest BCUT2D eigenvalue weighted by Gasteiger charge is -2.21. The van der Waals surface area contributed by atoms with Gasteiger partial charge in [-0.05, 0) is 56.7 Å². The lowest BCUT2D eigenvalue weighted by molar-refractivity contribution is -0.141. The molecule has 0 saturated heterocycles. The minimum Gasteiger partial charge on any atom is -0.494 e. The Morgan fingerprint density at radius 3 is 2.39 bits per heavy atom. The van der Waals surface area contributed by atoms with E-state index in [-0.39, 0.29) is 23.3 Å². The third kappa shape index (κ3) is 3.33. The predicted molar refractivity (Wildman–Crippen MR) is 85.1 cm³/mol. The molecule has 2 aliphatic rings. The molecule has 1 aromatic carbocycles. The molecule has 3 rings (SSSR count). The van der Waals surface area contributed by atoms with Gasteiger partial charge < -0.3 is 15.2 Å². The first-order valence-corrected chi connectivity index (χ1v) is 8.32. The maximum Gasteiger partial charge on any atom is 0.306 e. The van der Waals surface area contributed by atoms with Crippen LogP contribution in [0.1, 0.15) is 44.6 Å². The fourth-order valence-corrected chi connectivity index (χ4v) is 3.43. The highest BCUT2D eigenvalue weighted by Gasteiger charge is 2.47. The molecule has 5 heteroatoms. The van der Waals surface area contributed by atoms with Crippen LogP contribution in [0.25, 0.3) is 0 Å². The number of aliphatic carboxylic acids is 1. The van der Waals surface area contributed by atoms with Gasteiger partial charge >= 0.3 is 5.97 Å². The highest BCUT2D eigenvalue weighted by atomic mass is 16.5. The molecular formula is C18H23NO4. The highest BCUT2D eigenvalue weighted by Crippen LogP contribution is 2.46. The number of hydrogen-bond acceptors (Lipinski definition) is 3. The number of carbonyl (C=O) groups excluding carboxylic acids is 1. The molecule has 2 aliphatic carbocycles. The van der Waals surface area contributed by atoms with Gasteiger partial charge in [-0.1, -0.05) is 12.1 Å². The molecule has 2 atom stereocenters.